The number of halogens is 1. The van der Waals surface area contributed by atoms with Crippen molar-refractivity contribution in [3.8, 4) is 0 Å². The molecule has 0 saturated carbocycles. The summed E-state index contributed by atoms with van der Waals surface area (Å²) in [6.07, 6.45) is 0.964. The third kappa shape index (κ3) is 2.49. The summed E-state index contributed by atoms with van der Waals surface area (Å²) in [6.45, 7) is 3.73. The fourth-order valence-corrected chi connectivity index (χ4v) is 3.70. The number of nitrogens with zero attached hydrogens (tertiary/aromatic N) is 2. The molecule has 2 saturated heterocycles. The number of nitro groups is 1. The molecule has 2 aliphatic heterocycles. The quantitative estimate of drug-likeness (QED) is 0.670. The monoisotopic (exact) mass is 309 g/mol. The van der Waals surface area contributed by atoms with E-state index in [1.165, 1.54) is 18.2 Å². The van der Waals surface area contributed by atoms with Crippen molar-refractivity contribution in [2.45, 2.75) is 25.4 Å². The number of carbonyl (C=O) groups is 1. The average Bonchev–Trinajstić information content (AvgIpc) is 2.97. The van der Waals surface area contributed by atoms with Gasteiger partial charge in [-0.1, -0.05) is 11.6 Å². The molecule has 0 aliphatic carbocycles. The molecule has 2 heterocycles. The SMILES string of the molecule is CC1CC2CNCC2N1C(=O)c1cc(Cl)cc([N+](=O)[O-])c1. The molecule has 0 radical (unpaired) electrons. The zero-order valence-corrected chi connectivity index (χ0v) is 12.3. The van der Waals surface area contributed by atoms with Gasteiger partial charge in [-0.3, -0.25) is 14.9 Å². The lowest BCUT2D eigenvalue weighted by Crippen LogP contribution is -2.42. The normalized spacial score (nSPS) is 27.7. The van der Waals surface area contributed by atoms with Crippen LogP contribution >= 0.6 is 11.6 Å². The van der Waals surface area contributed by atoms with E-state index in [1.807, 2.05) is 11.8 Å². The van der Waals surface area contributed by atoms with Crippen LogP contribution in [-0.2, 0) is 0 Å². The first-order valence-corrected chi connectivity index (χ1v) is 7.33. The van der Waals surface area contributed by atoms with E-state index < -0.39 is 4.92 Å². The number of non-ortho nitro benzene ring substituents is 1. The molecule has 1 aromatic carbocycles. The maximum atomic E-state index is 12.7. The van der Waals surface area contributed by atoms with E-state index in [4.69, 9.17) is 11.6 Å². The molecular weight excluding hydrogens is 294 g/mol. The maximum absolute atomic E-state index is 12.7. The number of nitro benzene ring substituents is 1. The summed E-state index contributed by atoms with van der Waals surface area (Å²) < 4.78 is 0. The van der Waals surface area contributed by atoms with Crippen molar-refractivity contribution in [2.24, 2.45) is 5.92 Å². The summed E-state index contributed by atoms with van der Waals surface area (Å²) in [7, 11) is 0. The number of benzene rings is 1. The van der Waals surface area contributed by atoms with Crippen LogP contribution in [-0.4, -0.2) is 40.9 Å². The van der Waals surface area contributed by atoms with Crippen molar-refractivity contribution in [3.63, 3.8) is 0 Å². The molecule has 2 aliphatic rings. The summed E-state index contributed by atoms with van der Waals surface area (Å²) in [5.74, 6) is 0.294. The molecule has 1 N–H and O–H groups in total. The standard InChI is InChI=1S/C14H16ClN3O3/c1-8-2-10-6-16-7-13(10)17(8)14(19)9-3-11(15)5-12(4-9)18(20)21/h3-5,8,10,13,16H,2,6-7H2,1H3. The second kappa shape index (κ2) is 5.27. The summed E-state index contributed by atoms with van der Waals surface area (Å²) in [4.78, 5) is 25.0. The van der Waals surface area contributed by atoms with Gasteiger partial charge in [-0.25, -0.2) is 0 Å². The Labute approximate surface area is 127 Å². The van der Waals surface area contributed by atoms with Crippen molar-refractivity contribution in [2.75, 3.05) is 13.1 Å². The highest BCUT2D eigenvalue weighted by molar-refractivity contribution is 6.31. The lowest BCUT2D eigenvalue weighted by atomic mass is 10.0. The first-order valence-electron chi connectivity index (χ1n) is 6.95. The second-order valence-corrected chi connectivity index (χ2v) is 6.17. The Kier molecular flexibility index (Phi) is 3.59. The van der Waals surface area contributed by atoms with Gasteiger partial charge in [0.1, 0.15) is 0 Å². The molecule has 0 bridgehead atoms. The Hall–Kier alpha value is -1.66. The van der Waals surface area contributed by atoms with Gasteiger partial charge < -0.3 is 10.2 Å². The van der Waals surface area contributed by atoms with Gasteiger partial charge in [-0.2, -0.15) is 0 Å². The van der Waals surface area contributed by atoms with Crippen LogP contribution in [0.15, 0.2) is 18.2 Å². The van der Waals surface area contributed by atoms with Crippen molar-refractivity contribution in [1.82, 2.24) is 10.2 Å². The number of carbonyl (C=O) groups excluding carboxylic acids is 1. The predicted octanol–water partition coefficient (Wildman–Crippen LogP) is 2.07. The molecule has 7 heteroatoms. The highest BCUT2D eigenvalue weighted by Crippen LogP contribution is 2.34. The number of likely N-dealkylation sites (tertiary alicyclic amines) is 1. The summed E-state index contributed by atoms with van der Waals surface area (Å²) in [6, 6.07) is 4.37. The minimum atomic E-state index is -0.532. The highest BCUT2D eigenvalue weighted by Gasteiger charge is 2.44. The third-order valence-electron chi connectivity index (χ3n) is 4.36. The van der Waals surface area contributed by atoms with Crippen LogP contribution in [0.25, 0.3) is 0 Å². The molecule has 3 unspecified atom stereocenters. The van der Waals surface area contributed by atoms with Gasteiger partial charge >= 0.3 is 0 Å². The van der Waals surface area contributed by atoms with Crippen molar-refractivity contribution < 1.29 is 9.72 Å². The molecule has 112 valence electrons. The van der Waals surface area contributed by atoms with Crippen molar-refractivity contribution >= 4 is 23.2 Å². The first-order chi connectivity index (χ1) is 9.97. The minimum absolute atomic E-state index is 0.146. The predicted molar refractivity (Wildman–Crippen MR) is 78.5 cm³/mol. The van der Waals surface area contributed by atoms with Gasteiger partial charge in [-0.05, 0) is 25.3 Å². The van der Waals surface area contributed by atoms with Crippen LogP contribution < -0.4 is 5.32 Å². The Bertz CT molecular complexity index is 607. The van der Waals surface area contributed by atoms with Crippen molar-refractivity contribution in [1.29, 1.82) is 0 Å². The van der Waals surface area contributed by atoms with Gasteiger partial charge in [0.25, 0.3) is 11.6 Å². The molecular formula is C14H16ClN3O3. The summed E-state index contributed by atoms with van der Waals surface area (Å²) in [5.41, 5.74) is 0.132. The zero-order chi connectivity index (χ0) is 15.1. The van der Waals surface area contributed by atoms with E-state index >= 15 is 0 Å². The molecule has 2 fully saturated rings. The van der Waals surface area contributed by atoms with Gasteiger partial charge in [-0.15, -0.1) is 0 Å². The topological polar surface area (TPSA) is 75.5 Å². The van der Waals surface area contributed by atoms with Gasteiger partial charge in [0.15, 0.2) is 0 Å². The van der Waals surface area contributed by atoms with Gasteiger partial charge in [0.05, 0.1) is 4.92 Å². The lowest BCUT2D eigenvalue weighted by molar-refractivity contribution is -0.384. The third-order valence-corrected chi connectivity index (χ3v) is 4.57. The summed E-state index contributed by atoms with van der Waals surface area (Å²) in [5, 5.41) is 14.4. The van der Waals surface area contributed by atoms with Crippen LogP contribution in [0, 0.1) is 16.0 Å². The number of hydrogen-bond donors (Lipinski definition) is 1. The van der Waals surface area contributed by atoms with Gasteiger partial charge in [0, 0.05) is 47.9 Å². The molecule has 21 heavy (non-hydrogen) atoms. The van der Waals surface area contributed by atoms with Crippen LogP contribution in [0.3, 0.4) is 0 Å². The maximum Gasteiger partial charge on any atom is 0.271 e. The lowest BCUT2D eigenvalue weighted by Gasteiger charge is -2.27. The molecule has 1 aromatic rings. The number of nitrogens with one attached hydrogen (secondary N) is 1. The van der Waals surface area contributed by atoms with Crippen LogP contribution in [0.1, 0.15) is 23.7 Å². The zero-order valence-electron chi connectivity index (χ0n) is 11.6. The molecule has 0 spiro atoms. The van der Waals surface area contributed by atoms with Crippen molar-refractivity contribution in [3.05, 3.63) is 38.9 Å². The number of fused-ring (bicyclic) bond motifs is 1. The number of hydrogen-bond acceptors (Lipinski definition) is 4. The molecule has 1 amide bonds. The number of amides is 1. The van der Waals surface area contributed by atoms with Crippen LogP contribution in [0.4, 0.5) is 5.69 Å². The average molecular weight is 310 g/mol. The Balaban J connectivity index is 1.93. The van der Waals surface area contributed by atoms with E-state index in [1.54, 1.807) is 0 Å². The fourth-order valence-electron chi connectivity index (χ4n) is 3.47. The first kappa shape index (κ1) is 14.3. The Morgan fingerprint density at radius 2 is 2.19 bits per heavy atom. The second-order valence-electron chi connectivity index (χ2n) is 5.74. The van der Waals surface area contributed by atoms with E-state index in [9.17, 15) is 14.9 Å². The Morgan fingerprint density at radius 3 is 2.90 bits per heavy atom. The van der Waals surface area contributed by atoms with Gasteiger partial charge in [0.2, 0.25) is 0 Å². The largest absolute Gasteiger partial charge is 0.331 e. The highest BCUT2D eigenvalue weighted by atomic mass is 35.5. The fraction of sp³-hybridized carbons (Fsp3) is 0.500. The van der Waals surface area contributed by atoms with Crippen LogP contribution in [0.5, 0.6) is 0 Å². The molecule has 3 atom stereocenters. The van der Waals surface area contributed by atoms with Crippen LogP contribution in [0.2, 0.25) is 5.02 Å². The number of rotatable bonds is 2. The minimum Gasteiger partial charge on any atom is -0.331 e. The van der Waals surface area contributed by atoms with E-state index in [2.05, 4.69) is 5.32 Å². The van der Waals surface area contributed by atoms with E-state index in [-0.39, 0.29) is 34.3 Å². The molecule has 0 aromatic heterocycles. The summed E-state index contributed by atoms with van der Waals surface area (Å²) >= 11 is 5.90. The van der Waals surface area contributed by atoms with E-state index in [0.717, 1.165) is 19.5 Å². The smallest absolute Gasteiger partial charge is 0.271 e. The molecule has 3 rings (SSSR count). The van der Waals surface area contributed by atoms with E-state index in [0.29, 0.717) is 5.92 Å². The Morgan fingerprint density at radius 1 is 1.43 bits per heavy atom. The molecule has 6 nitrogen and oxygen atoms in total.